The Morgan fingerprint density at radius 1 is 1.09 bits per heavy atom. The summed E-state index contributed by atoms with van der Waals surface area (Å²) in [7, 11) is 0. The van der Waals surface area contributed by atoms with Crippen LogP contribution in [-0.2, 0) is 5.41 Å². The van der Waals surface area contributed by atoms with E-state index >= 15 is 0 Å². The molecular formula is C28H29N3OS. The van der Waals surface area contributed by atoms with Gasteiger partial charge in [-0.3, -0.25) is 0 Å². The third kappa shape index (κ3) is 3.61. The van der Waals surface area contributed by atoms with Gasteiger partial charge in [-0.1, -0.05) is 55.0 Å². The Hall–Kier alpha value is -3.18. The maximum Gasteiger partial charge on any atom is 0.144 e. The smallest absolute Gasteiger partial charge is 0.144 e. The molecule has 3 N–H and O–H groups in total. The highest BCUT2D eigenvalue weighted by molar-refractivity contribution is 7.12. The van der Waals surface area contributed by atoms with Gasteiger partial charge in [0, 0.05) is 11.3 Å². The molecule has 5 rings (SSSR count). The minimum atomic E-state index is 0.163. The predicted molar refractivity (Wildman–Crippen MR) is 138 cm³/mol. The average molecular weight is 456 g/mol. The normalized spacial score (nSPS) is 20.7. The van der Waals surface area contributed by atoms with Crippen molar-refractivity contribution in [3.8, 4) is 5.75 Å². The number of hydrogen-bond donors (Lipinski definition) is 2. The number of benzene rings is 3. The zero-order valence-corrected chi connectivity index (χ0v) is 20.3. The lowest BCUT2D eigenvalue weighted by atomic mass is 9.57. The van der Waals surface area contributed by atoms with Crippen molar-refractivity contribution in [1.82, 2.24) is 4.98 Å². The topological polar surface area (TPSA) is 71.5 Å². The summed E-state index contributed by atoms with van der Waals surface area (Å²) in [6.45, 7) is 9.00. The van der Waals surface area contributed by atoms with Crippen LogP contribution in [0.4, 0.5) is 0 Å². The monoisotopic (exact) mass is 455 g/mol. The zero-order chi connectivity index (χ0) is 23.3. The minimum Gasteiger partial charge on any atom is -0.507 e. The van der Waals surface area contributed by atoms with Crippen LogP contribution in [0.15, 0.2) is 59.0 Å². The number of thiazole rings is 1. The summed E-state index contributed by atoms with van der Waals surface area (Å²) in [5.41, 5.74) is 8.03. The number of phenols is 1. The summed E-state index contributed by atoms with van der Waals surface area (Å²) >= 11 is 1.54. The number of aryl methyl sites for hydroxylation is 3. The summed E-state index contributed by atoms with van der Waals surface area (Å²) in [6.07, 6.45) is 2.16. The molecule has 1 saturated carbocycles. The fourth-order valence-corrected chi connectivity index (χ4v) is 6.79. The number of phenolic OH excluding ortho intramolecular Hbond substituents is 1. The van der Waals surface area contributed by atoms with Crippen molar-refractivity contribution < 1.29 is 5.11 Å². The Labute approximate surface area is 198 Å². The summed E-state index contributed by atoms with van der Waals surface area (Å²) < 4.78 is 0. The molecule has 168 valence electrons. The molecule has 0 atom stereocenters. The second kappa shape index (κ2) is 7.99. The van der Waals surface area contributed by atoms with Crippen LogP contribution in [0.1, 0.15) is 64.2 Å². The number of rotatable bonds is 4. The van der Waals surface area contributed by atoms with Crippen molar-refractivity contribution in [1.29, 1.82) is 0 Å². The highest BCUT2D eigenvalue weighted by Crippen LogP contribution is 2.54. The molecular weight excluding hydrogens is 426 g/mol. The maximum absolute atomic E-state index is 10.7. The van der Waals surface area contributed by atoms with Gasteiger partial charge in [0.2, 0.25) is 0 Å². The number of nitrogens with two attached hydrogens (primary N) is 1. The maximum atomic E-state index is 10.7. The van der Waals surface area contributed by atoms with Crippen LogP contribution in [0.3, 0.4) is 0 Å². The van der Waals surface area contributed by atoms with Crippen LogP contribution >= 0.6 is 11.3 Å². The zero-order valence-electron chi connectivity index (χ0n) is 19.5. The van der Waals surface area contributed by atoms with E-state index in [-0.39, 0.29) is 11.2 Å². The first-order valence-corrected chi connectivity index (χ1v) is 12.2. The van der Waals surface area contributed by atoms with Crippen molar-refractivity contribution in [2.24, 2.45) is 10.9 Å². The van der Waals surface area contributed by atoms with Crippen LogP contribution in [0.5, 0.6) is 5.75 Å². The van der Waals surface area contributed by atoms with Gasteiger partial charge in [0.25, 0.3) is 0 Å². The Morgan fingerprint density at radius 3 is 2.48 bits per heavy atom. The first kappa shape index (κ1) is 21.7. The fourth-order valence-electron chi connectivity index (χ4n) is 5.89. The van der Waals surface area contributed by atoms with Gasteiger partial charge in [-0.2, -0.15) is 5.10 Å². The van der Waals surface area contributed by atoms with Crippen molar-refractivity contribution in [2.75, 3.05) is 0 Å². The van der Waals surface area contributed by atoms with Crippen LogP contribution in [0.25, 0.3) is 10.8 Å². The number of fused-ring (bicyclic) bond motifs is 1. The molecule has 3 aromatic carbocycles. The van der Waals surface area contributed by atoms with Crippen molar-refractivity contribution in [2.45, 2.75) is 51.9 Å². The highest BCUT2D eigenvalue weighted by Gasteiger charge is 2.44. The highest BCUT2D eigenvalue weighted by atomic mass is 32.1. The van der Waals surface area contributed by atoms with Gasteiger partial charge in [-0.15, -0.1) is 11.3 Å². The first-order chi connectivity index (χ1) is 15.8. The van der Waals surface area contributed by atoms with Crippen molar-refractivity contribution in [3.05, 3.63) is 92.4 Å². The van der Waals surface area contributed by atoms with Crippen molar-refractivity contribution >= 4 is 27.8 Å². The molecule has 0 aliphatic heterocycles. The quantitative estimate of drug-likeness (QED) is 0.210. The molecule has 0 amide bonds. The summed E-state index contributed by atoms with van der Waals surface area (Å²) in [5.74, 6) is 6.42. The van der Waals surface area contributed by atoms with E-state index in [9.17, 15) is 5.11 Å². The van der Waals surface area contributed by atoms with Crippen LogP contribution in [0.2, 0.25) is 0 Å². The largest absolute Gasteiger partial charge is 0.507 e. The standard InChI is InChI=1S/C28H29N3OS/c1-16-11-17(2)25(18(3)12-16)28(4)13-20(14-28)22-15-33-27(30-22)26(31-29)24-21-8-6-5-7-19(21)9-10-23(24)32/h5-12,15,20,32H,13-14,29H2,1-4H3. The minimum absolute atomic E-state index is 0.163. The Bertz CT molecular complexity index is 1370. The van der Waals surface area contributed by atoms with Gasteiger partial charge in [-0.05, 0) is 72.6 Å². The molecule has 0 saturated heterocycles. The Kier molecular flexibility index (Phi) is 5.25. The van der Waals surface area contributed by atoms with Gasteiger partial charge in [0.15, 0.2) is 0 Å². The average Bonchev–Trinajstić information content (AvgIpc) is 3.22. The van der Waals surface area contributed by atoms with E-state index in [4.69, 9.17) is 10.8 Å². The van der Waals surface area contributed by atoms with Gasteiger partial charge in [-0.25, -0.2) is 4.98 Å². The third-order valence-electron chi connectivity index (χ3n) is 7.09. The van der Waals surface area contributed by atoms with Gasteiger partial charge in [0.1, 0.15) is 16.5 Å². The van der Waals surface area contributed by atoms with Crippen LogP contribution < -0.4 is 5.84 Å². The number of nitrogens with zero attached hydrogens (tertiary/aromatic N) is 2. The van der Waals surface area contributed by atoms with Gasteiger partial charge < -0.3 is 10.9 Å². The van der Waals surface area contributed by atoms with E-state index in [1.54, 1.807) is 17.4 Å². The van der Waals surface area contributed by atoms with Crippen LogP contribution in [0, 0.1) is 20.8 Å². The molecule has 4 nitrogen and oxygen atoms in total. The number of hydrogen-bond acceptors (Lipinski definition) is 5. The summed E-state index contributed by atoms with van der Waals surface area (Å²) in [4.78, 5) is 4.94. The summed E-state index contributed by atoms with van der Waals surface area (Å²) in [6, 6.07) is 16.1. The molecule has 5 heteroatoms. The molecule has 1 aliphatic rings. The van der Waals surface area contributed by atoms with Crippen molar-refractivity contribution in [3.63, 3.8) is 0 Å². The van der Waals surface area contributed by atoms with E-state index in [0.717, 1.165) is 34.3 Å². The van der Waals surface area contributed by atoms with Crippen LogP contribution in [-0.4, -0.2) is 15.8 Å². The molecule has 0 spiro atoms. The lowest BCUT2D eigenvalue weighted by Gasteiger charge is -2.47. The second-order valence-electron chi connectivity index (χ2n) is 9.68. The lowest BCUT2D eigenvalue weighted by molar-refractivity contribution is 0.219. The molecule has 1 heterocycles. The SMILES string of the molecule is Cc1cc(C)c(C2(C)CC(c3csc(C(=NN)c4c(O)ccc5ccccc45)n3)C2)c(C)c1. The number of aromatic nitrogens is 1. The number of aromatic hydroxyl groups is 1. The van der Waals surface area contributed by atoms with E-state index in [1.165, 1.54) is 22.3 Å². The molecule has 1 fully saturated rings. The Morgan fingerprint density at radius 2 is 1.79 bits per heavy atom. The molecule has 0 bridgehead atoms. The summed E-state index contributed by atoms with van der Waals surface area (Å²) in [5, 5.41) is 19.5. The molecule has 1 aliphatic carbocycles. The number of hydrazone groups is 1. The predicted octanol–water partition coefficient (Wildman–Crippen LogP) is 6.47. The van der Waals surface area contributed by atoms with Gasteiger partial charge >= 0.3 is 0 Å². The second-order valence-corrected chi connectivity index (χ2v) is 10.5. The van der Waals surface area contributed by atoms with E-state index < -0.39 is 0 Å². The molecule has 4 aromatic rings. The first-order valence-electron chi connectivity index (χ1n) is 11.3. The lowest BCUT2D eigenvalue weighted by Crippen LogP contribution is -2.38. The molecule has 0 radical (unpaired) electrons. The molecule has 1 aromatic heterocycles. The van der Waals surface area contributed by atoms with E-state index in [2.05, 4.69) is 50.3 Å². The van der Waals surface area contributed by atoms with E-state index in [0.29, 0.717) is 17.2 Å². The Balaban J connectivity index is 1.44. The van der Waals surface area contributed by atoms with E-state index in [1.807, 2.05) is 30.3 Å². The molecule has 0 unspecified atom stereocenters. The molecule has 33 heavy (non-hydrogen) atoms. The third-order valence-corrected chi connectivity index (χ3v) is 7.96. The fraction of sp³-hybridized carbons (Fsp3) is 0.286. The van der Waals surface area contributed by atoms with Gasteiger partial charge in [0.05, 0.1) is 11.3 Å².